The molecule has 170 valence electrons. The van der Waals surface area contributed by atoms with Gasteiger partial charge < -0.3 is 5.32 Å². The quantitative estimate of drug-likeness (QED) is 0.484. The predicted octanol–water partition coefficient (Wildman–Crippen LogP) is 4.78. The molecule has 0 radical (unpaired) electrons. The van der Waals surface area contributed by atoms with Gasteiger partial charge in [0.25, 0.3) is 0 Å². The number of pyridine rings is 1. The van der Waals surface area contributed by atoms with E-state index >= 15 is 0 Å². The molecule has 4 amide bonds. The summed E-state index contributed by atoms with van der Waals surface area (Å²) >= 11 is 5.89. The lowest BCUT2D eigenvalue weighted by atomic mass is 9.91. The van der Waals surface area contributed by atoms with Gasteiger partial charge in [-0.3, -0.25) is 10.4 Å². The Morgan fingerprint density at radius 3 is 2.27 bits per heavy atom. The molecule has 0 aliphatic carbocycles. The zero-order valence-electron chi connectivity index (χ0n) is 17.9. The molecular weight excluding hydrogens is 440 g/mol. The summed E-state index contributed by atoms with van der Waals surface area (Å²) in [5.41, 5.74) is 7.90. The monoisotopic (exact) mass is 464 g/mol. The van der Waals surface area contributed by atoms with Gasteiger partial charge in [0.05, 0.1) is 5.69 Å². The number of nitrogens with zero attached hydrogens (tertiary/aromatic N) is 3. The summed E-state index contributed by atoms with van der Waals surface area (Å²) in [7, 11) is 0. The van der Waals surface area contributed by atoms with Gasteiger partial charge >= 0.3 is 12.1 Å². The Balaban J connectivity index is 1.38. The number of hydrogen-bond acceptors (Lipinski definition) is 4. The number of piperidine rings is 1. The van der Waals surface area contributed by atoms with E-state index < -0.39 is 12.1 Å². The Morgan fingerprint density at radius 2 is 1.61 bits per heavy atom. The number of carbonyl (C=O) groups is 2. The van der Waals surface area contributed by atoms with Crippen molar-refractivity contribution in [3.05, 3.63) is 89.7 Å². The van der Waals surface area contributed by atoms with E-state index in [1.165, 1.54) is 10.6 Å². The van der Waals surface area contributed by atoms with E-state index in [-0.39, 0.29) is 0 Å². The van der Waals surface area contributed by atoms with Crippen LogP contribution in [0.3, 0.4) is 0 Å². The van der Waals surface area contributed by atoms with E-state index in [0.29, 0.717) is 35.4 Å². The molecule has 2 heterocycles. The minimum absolute atomic E-state index is 0.439. The highest BCUT2D eigenvalue weighted by Crippen LogP contribution is 2.26. The predicted molar refractivity (Wildman–Crippen MR) is 129 cm³/mol. The number of carbonyl (C=O) groups excluding carboxylic acids is 2. The molecule has 33 heavy (non-hydrogen) atoms. The molecule has 0 spiro atoms. The summed E-state index contributed by atoms with van der Waals surface area (Å²) in [6.45, 7) is 1.41. The lowest BCUT2D eigenvalue weighted by Crippen LogP contribution is -2.57. The molecule has 0 atom stereocenters. The number of hydrazine groups is 2. The van der Waals surface area contributed by atoms with Crippen LogP contribution in [0.15, 0.2) is 79.1 Å². The maximum absolute atomic E-state index is 13.1. The molecule has 0 bridgehead atoms. The molecule has 4 rings (SSSR count). The summed E-state index contributed by atoms with van der Waals surface area (Å²) in [5.74, 6) is 0.439. The second-order valence-corrected chi connectivity index (χ2v) is 8.14. The summed E-state index contributed by atoms with van der Waals surface area (Å²) in [4.78, 5) is 29.8. The SMILES string of the molecule is O=C(Nc1ccc(Cl)cc1)NN(C(=O)NN1CCC(c2ccncc2)CC1)c1ccccc1. The molecule has 8 nitrogen and oxygen atoms in total. The molecule has 1 fully saturated rings. The zero-order chi connectivity index (χ0) is 23.0. The van der Waals surface area contributed by atoms with Crippen LogP contribution in [-0.2, 0) is 0 Å². The van der Waals surface area contributed by atoms with E-state index in [4.69, 9.17) is 11.6 Å². The molecule has 1 aliphatic heterocycles. The minimum Gasteiger partial charge on any atom is -0.307 e. The second-order valence-electron chi connectivity index (χ2n) is 7.70. The first-order valence-electron chi connectivity index (χ1n) is 10.7. The second kappa shape index (κ2) is 10.8. The normalized spacial score (nSPS) is 14.3. The van der Waals surface area contributed by atoms with Gasteiger partial charge in [0.1, 0.15) is 0 Å². The third kappa shape index (κ3) is 6.21. The van der Waals surface area contributed by atoms with Crippen LogP contribution < -0.4 is 21.2 Å². The van der Waals surface area contributed by atoms with E-state index in [9.17, 15) is 9.59 Å². The van der Waals surface area contributed by atoms with Crippen molar-refractivity contribution in [2.24, 2.45) is 0 Å². The molecule has 1 aromatic heterocycles. The van der Waals surface area contributed by atoms with Crippen LogP contribution in [0.4, 0.5) is 21.0 Å². The number of rotatable bonds is 4. The Morgan fingerprint density at radius 1 is 0.939 bits per heavy atom. The molecule has 1 saturated heterocycles. The van der Waals surface area contributed by atoms with Gasteiger partial charge in [0.2, 0.25) is 0 Å². The van der Waals surface area contributed by atoms with Gasteiger partial charge in [-0.25, -0.2) is 25.0 Å². The van der Waals surface area contributed by atoms with Crippen molar-refractivity contribution in [3.8, 4) is 0 Å². The number of hydrogen-bond donors (Lipinski definition) is 3. The third-order valence-corrected chi connectivity index (χ3v) is 5.71. The Labute approximate surface area is 197 Å². The topological polar surface area (TPSA) is 89.6 Å². The van der Waals surface area contributed by atoms with E-state index in [2.05, 4.69) is 21.2 Å². The highest BCUT2D eigenvalue weighted by atomic mass is 35.5. The number of urea groups is 2. The van der Waals surface area contributed by atoms with Crippen LogP contribution in [0.25, 0.3) is 0 Å². The molecule has 2 aromatic carbocycles. The Kier molecular flexibility index (Phi) is 7.39. The molecule has 0 saturated carbocycles. The van der Waals surface area contributed by atoms with Crippen LogP contribution in [0.1, 0.15) is 24.3 Å². The fraction of sp³-hybridized carbons (Fsp3) is 0.208. The number of aromatic nitrogens is 1. The van der Waals surface area contributed by atoms with Crippen molar-refractivity contribution >= 4 is 35.0 Å². The van der Waals surface area contributed by atoms with Crippen molar-refractivity contribution in [1.29, 1.82) is 0 Å². The molecular formula is C24H25ClN6O2. The van der Waals surface area contributed by atoms with Crippen molar-refractivity contribution in [2.75, 3.05) is 23.4 Å². The third-order valence-electron chi connectivity index (χ3n) is 5.46. The fourth-order valence-corrected chi connectivity index (χ4v) is 3.87. The fourth-order valence-electron chi connectivity index (χ4n) is 3.75. The summed E-state index contributed by atoms with van der Waals surface area (Å²) < 4.78 is 0. The number of para-hydroxylation sites is 1. The average Bonchev–Trinajstić information content (AvgIpc) is 2.85. The molecule has 9 heteroatoms. The first-order chi connectivity index (χ1) is 16.1. The largest absolute Gasteiger partial charge is 0.355 e. The highest BCUT2D eigenvalue weighted by Gasteiger charge is 2.25. The van der Waals surface area contributed by atoms with E-state index in [0.717, 1.165) is 12.8 Å². The van der Waals surface area contributed by atoms with E-state index in [1.807, 2.05) is 35.6 Å². The van der Waals surface area contributed by atoms with Gasteiger partial charge in [-0.1, -0.05) is 29.8 Å². The van der Waals surface area contributed by atoms with Gasteiger partial charge in [0, 0.05) is 36.2 Å². The molecule has 3 N–H and O–H groups in total. The van der Waals surface area contributed by atoms with Crippen molar-refractivity contribution in [2.45, 2.75) is 18.8 Å². The smallest absolute Gasteiger partial charge is 0.307 e. The van der Waals surface area contributed by atoms with Crippen molar-refractivity contribution < 1.29 is 9.59 Å². The lowest BCUT2D eigenvalue weighted by molar-refractivity contribution is 0.148. The Bertz CT molecular complexity index is 1060. The van der Waals surface area contributed by atoms with Crippen LogP contribution in [0.2, 0.25) is 5.02 Å². The molecule has 1 aliphatic rings. The van der Waals surface area contributed by atoms with Gasteiger partial charge in [0.15, 0.2) is 0 Å². The first-order valence-corrected chi connectivity index (χ1v) is 11.1. The van der Waals surface area contributed by atoms with Crippen LogP contribution in [-0.4, -0.2) is 35.1 Å². The minimum atomic E-state index is -0.548. The van der Waals surface area contributed by atoms with E-state index in [1.54, 1.807) is 48.5 Å². The summed E-state index contributed by atoms with van der Waals surface area (Å²) in [5, 5.41) is 6.35. The maximum Gasteiger partial charge on any atom is 0.355 e. The molecule has 0 unspecified atom stereocenters. The lowest BCUT2D eigenvalue weighted by Gasteiger charge is -2.34. The van der Waals surface area contributed by atoms with Crippen LogP contribution >= 0.6 is 11.6 Å². The van der Waals surface area contributed by atoms with Gasteiger partial charge in [-0.05, 0) is 72.9 Å². The first kappa shape index (κ1) is 22.6. The van der Waals surface area contributed by atoms with Crippen molar-refractivity contribution in [3.63, 3.8) is 0 Å². The highest BCUT2D eigenvalue weighted by molar-refractivity contribution is 6.30. The number of nitrogens with one attached hydrogen (secondary N) is 3. The average molecular weight is 465 g/mol. The number of benzene rings is 2. The van der Waals surface area contributed by atoms with Crippen LogP contribution in [0.5, 0.6) is 0 Å². The summed E-state index contributed by atoms with van der Waals surface area (Å²) in [6.07, 6.45) is 5.45. The van der Waals surface area contributed by atoms with Crippen molar-refractivity contribution in [1.82, 2.24) is 20.8 Å². The molecule has 3 aromatic rings. The van der Waals surface area contributed by atoms with Gasteiger partial charge in [-0.15, -0.1) is 0 Å². The number of amides is 4. The Hall–Kier alpha value is -3.62. The number of halogens is 1. The number of anilines is 2. The standard InChI is InChI=1S/C24H25ClN6O2/c25-20-6-8-21(9-7-20)27-23(32)28-31(22-4-2-1-3-5-22)24(33)29-30-16-12-19(13-17-30)18-10-14-26-15-11-18/h1-11,14-15,19H,12-13,16-17H2,(H,29,33)(H2,27,28,32). The summed E-state index contributed by atoms with van der Waals surface area (Å²) in [6, 6.07) is 18.7. The van der Waals surface area contributed by atoms with Gasteiger partial charge in [-0.2, -0.15) is 0 Å². The van der Waals surface area contributed by atoms with Crippen LogP contribution in [0, 0.1) is 0 Å². The zero-order valence-corrected chi connectivity index (χ0v) is 18.7. The maximum atomic E-state index is 13.1.